The second-order valence-corrected chi connectivity index (χ2v) is 9.19. The van der Waals surface area contributed by atoms with E-state index in [0.717, 1.165) is 34.2 Å². The summed E-state index contributed by atoms with van der Waals surface area (Å²) >= 11 is 3.37. The first-order chi connectivity index (χ1) is 17.6. The van der Waals surface area contributed by atoms with Crippen LogP contribution >= 0.6 is 15.9 Å². The fourth-order valence-electron chi connectivity index (χ4n) is 4.28. The van der Waals surface area contributed by atoms with Crippen molar-refractivity contribution in [1.82, 2.24) is 4.57 Å². The molecule has 190 valence electrons. The summed E-state index contributed by atoms with van der Waals surface area (Å²) in [5.41, 5.74) is 2.49. The van der Waals surface area contributed by atoms with Gasteiger partial charge in [-0.05, 0) is 66.4 Å². The number of nitrogens with one attached hydrogen (secondary N) is 1. The zero-order valence-electron chi connectivity index (χ0n) is 19.8. The van der Waals surface area contributed by atoms with Crippen molar-refractivity contribution in [3.8, 4) is 5.75 Å². The van der Waals surface area contributed by atoms with Gasteiger partial charge in [0, 0.05) is 16.4 Å². The molecule has 36 heavy (non-hydrogen) atoms. The molecule has 2 aromatic carbocycles. The van der Waals surface area contributed by atoms with E-state index in [-0.39, 0.29) is 23.8 Å². The summed E-state index contributed by atoms with van der Waals surface area (Å²) in [6.07, 6.45) is 3.25. The SMILES string of the molecule is O=C(Nc1ccc(Br)cc1)c1cccn(C2CCc3c(OCCOCCOCCO)cccc32)c1=O. The average molecular weight is 557 g/mol. The molecule has 2 N–H and O–H groups in total. The summed E-state index contributed by atoms with van der Waals surface area (Å²) in [6, 6.07) is 16.2. The van der Waals surface area contributed by atoms with Crippen molar-refractivity contribution < 1.29 is 24.1 Å². The molecule has 0 fully saturated rings. The molecule has 1 aromatic heterocycles. The van der Waals surface area contributed by atoms with Gasteiger partial charge in [0.2, 0.25) is 0 Å². The number of carbonyl (C=O) groups is 1. The highest BCUT2D eigenvalue weighted by Crippen LogP contribution is 2.38. The van der Waals surface area contributed by atoms with Crippen molar-refractivity contribution in [2.75, 3.05) is 45.0 Å². The lowest BCUT2D eigenvalue weighted by Gasteiger charge is -2.17. The van der Waals surface area contributed by atoms with Crippen LogP contribution in [0.15, 0.2) is 70.1 Å². The Balaban J connectivity index is 1.42. The number of hydrogen-bond donors (Lipinski definition) is 2. The maximum absolute atomic E-state index is 13.3. The molecule has 1 aliphatic rings. The van der Waals surface area contributed by atoms with Gasteiger partial charge in [-0.3, -0.25) is 9.59 Å². The number of hydrogen-bond acceptors (Lipinski definition) is 6. The van der Waals surface area contributed by atoms with Gasteiger partial charge in [-0.2, -0.15) is 0 Å². The van der Waals surface area contributed by atoms with E-state index in [9.17, 15) is 9.59 Å². The number of aliphatic hydroxyl groups is 1. The van der Waals surface area contributed by atoms with Crippen LogP contribution in [-0.4, -0.2) is 55.2 Å². The zero-order valence-corrected chi connectivity index (χ0v) is 21.4. The lowest BCUT2D eigenvalue weighted by atomic mass is 10.1. The Morgan fingerprint density at radius 3 is 2.53 bits per heavy atom. The number of aliphatic hydroxyl groups excluding tert-OH is 1. The van der Waals surface area contributed by atoms with Crippen LogP contribution in [-0.2, 0) is 15.9 Å². The fourth-order valence-corrected chi connectivity index (χ4v) is 4.54. The van der Waals surface area contributed by atoms with E-state index >= 15 is 0 Å². The average Bonchev–Trinajstić information content (AvgIpc) is 3.32. The maximum Gasteiger partial charge on any atom is 0.263 e. The van der Waals surface area contributed by atoms with Gasteiger partial charge in [-0.1, -0.05) is 28.1 Å². The Hall–Kier alpha value is -2.98. The lowest BCUT2D eigenvalue weighted by molar-refractivity contribution is 0.0246. The Bertz CT molecular complexity index is 1230. The summed E-state index contributed by atoms with van der Waals surface area (Å²) in [5, 5.41) is 11.5. The largest absolute Gasteiger partial charge is 0.491 e. The molecule has 1 unspecified atom stereocenters. The third-order valence-corrected chi connectivity index (χ3v) is 6.47. The molecule has 4 rings (SSSR count). The molecule has 0 aliphatic heterocycles. The molecule has 9 heteroatoms. The quantitative estimate of drug-likeness (QED) is 0.329. The first-order valence-corrected chi connectivity index (χ1v) is 12.7. The standard InChI is InChI=1S/C27H29BrN2O6/c28-19-6-8-20(9-7-19)29-26(32)23-4-2-12-30(27(23)33)24-11-10-22-21(24)3-1-5-25(22)36-18-17-35-16-15-34-14-13-31/h1-9,12,24,31H,10-11,13-18H2,(H,29,32). The molecule has 0 saturated carbocycles. The molecule has 1 aliphatic carbocycles. The zero-order chi connectivity index (χ0) is 25.3. The number of aromatic nitrogens is 1. The van der Waals surface area contributed by atoms with Gasteiger partial charge >= 0.3 is 0 Å². The number of ether oxygens (including phenoxy) is 3. The first kappa shape index (κ1) is 26.1. The molecule has 3 aromatic rings. The van der Waals surface area contributed by atoms with Gasteiger partial charge in [0.15, 0.2) is 0 Å². The van der Waals surface area contributed by atoms with Crippen molar-refractivity contribution in [2.24, 2.45) is 0 Å². The van der Waals surface area contributed by atoms with E-state index in [1.807, 2.05) is 30.3 Å². The summed E-state index contributed by atoms with van der Waals surface area (Å²) in [4.78, 5) is 26.1. The molecular formula is C27H29BrN2O6. The van der Waals surface area contributed by atoms with Gasteiger partial charge in [0.05, 0.1) is 39.1 Å². The molecular weight excluding hydrogens is 528 g/mol. The van der Waals surface area contributed by atoms with E-state index in [0.29, 0.717) is 38.7 Å². The minimum Gasteiger partial charge on any atom is -0.491 e. The molecule has 0 bridgehead atoms. The van der Waals surface area contributed by atoms with Crippen molar-refractivity contribution in [3.63, 3.8) is 0 Å². The Kier molecular flexibility index (Phi) is 9.29. The van der Waals surface area contributed by atoms with Crippen molar-refractivity contribution in [2.45, 2.75) is 18.9 Å². The smallest absolute Gasteiger partial charge is 0.263 e. The fraction of sp³-hybridized carbons (Fsp3) is 0.333. The first-order valence-electron chi connectivity index (χ1n) is 11.9. The molecule has 0 spiro atoms. The minimum absolute atomic E-state index is 0.00116. The van der Waals surface area contributed by atoms with E-state index in [2.05, 4.69) is 21.2 Å². The predicted molar refractivity (Wildman–Crippen MR) is 140 cm³/mol. The monoisotopic (exact) mass is 556 g/mol. The van der Waals surface area contributed by atoms with Crippen molar-refractivity contribution >= 4 is 27.5 Å². The van der Waals surface area contributed by atoms with Gasteiger partial charge in [-0.25, -0.2) is 0 Å². The van der Waals surface area contributed by atoms with Crippen LogP contribution in [0.3, 0.4) is 0 Å². The molecule has 0 radical (unpaired) electrons. The summed E-state index contributed by atoms with van der Waals surface area (Å²) in [5.74, 6) is 0.348. The Morgan fingerprint density at radius 2 is 1.75 bits per heavy atom. The van der Waals surface area contributed by atoms with Crippen LogP contribution in [0.5, 0.6) is 5.75 Å². The van der Waals surface area contributed by atoms with Crippen LogP contribution in [0.4, 0.5) is 5.69 Å². The second-order valence-electron chi connectivity index (χ2n) is 8.27. The second kappa shape index (κ2) is 12.8. The predicted octanol–water partition coefficient (Wildman–Crippen LogP) is 3.80. The van der Waals surface area contributed by atoms with E-state index in [1.165, 1.54) is 0 Å². The number of rotatable bonds is 12. The van der Waals surface area contributed by atoms with Crippen LogP contribution in [0.1, 0.15) is 33.9 Å². The number of amides is 1. The number of nitrogens with zero attached hydrogens (tertiary/aromatic N) is 1. The van der Waals surface area contributed by atoms with E-state index < -0.39 is 5.91 Å². The van der Waals surface area contributed by atoms with E-state index in [1.54, 1.807) is 35.0 Å². The van der Waals surface area contributed by atoms with Crippen LogP contribution in [0.2, 0.25) is 0 Å². The topological polar surface area (TPSA) is 99.0 Å². The third kappa shape index (κ3) is 6.41. The highest BCUT2D eigenvalue weighted by atomic mass is 79.9. The van der Waals surface area contributed by atoms with Gasteiger partial charge < -0.3 is 29.2 Å². The summed E-state index contributed by atoms with van der Waals surface area (Å²) < 4.78 is 19.2. The maximum atomic E-state index is 13.3. The number of anilines is 1. The van der Waals surface area contributed by atoms with Crippen LogP contribution in [0.25, 0.3) is 0 Å². The molecule has 1 atom stereocenters. The highest BCUT2D eigenvalue weighted by Gasteiger charge is 2.28. The summed E-state index contributed by atoms with van der Waals surface area (Å²) in [7, 11) is 0. The number of carbonyl (C=O) groups excluding carboxylic acids is 1. The molecule has 1 heterocycles. The molecule has 8 nitrogen and oxygen atoms in total. The lowest BCUT2D eigenvalue weighted by Crippen LogP contribution is -2.31. The molecule has 1 amide bonds. The van der Waals surface area contributed by atoms with E-state index in [4.69, 9.17) is 19.3 Å². The highest BCUT2D eigenvalue weighted by molar-refractivity contribution is 9.10. The number of benzene rings is 2. The van der Waals surface area contributed by atoms with Gasteiger partial charge in [0.1, 0.15) is 17.9 Å². The Labute approximate surface area is 217 Å². The minimum atomic E-state index is -0.436. The van der Waals surface area contributed by atoms with Crippen LogP contribution < -0.4 is 15.6 Å². The molecule has 0 saturated heterocycles. The normalized spacial score (nSPS) is 14.4. The van der Waals surface area contributed by atoms with Gasteiger partial charge in [0.25, 0.3) is 11.5 Å². The number of halogens is 1. The van der Waals surface area contributed by atoms with Crippen LogP contribution in [0, 0.1) is 0 Å². The van der Waals surface area contributed by atoms with Crippen molar-refractivity contribution in [3.05, 3.63) is 92.3 Å². The third-order valence-electron chi connectivity index (χ3n) is 5.95. The Morgan fingerprint density at radius 1 is 1.00 bits per heavy atom. The van der Waals surface area contributed by atoms with Gasteiger partial charge in [-0.15, -0.1) is 0 Å². The summed E-state index contributed by atoms with van der Waals surface area (Å²) in [6.45, 7) is 1.99. The van der Waals surface area contributed by atoms with Crippen molar-refractivity contribution in [1.29, 1.82) is 0 Å². The number of fused-ring (bicyclic) bond motifs is 1. The number of pyridine rings is 1.